The normalized spacial score (nSPS) is 10.4. The van der Waals surface area contributed by atoms with E-state index < -0.39 is 5.97 Å². The van der Waals surface area contributed by atoms with Gasteiger partial charge in [0, 0.05) is 11.9 Å². The third-order valence-corrected chi connectivity index (χ3v) is 3.36. The maximum Gasteiger partial charge on any atom is 0.338 e. The number of aromatic nitrogens is 3. The van der Waals surface area contributed by atoms with Crippen molar-refractivity contribution in [3.8, 4) is 0 Å². The minimum absolute atomic E-state index is 0.183. The number of aromatic carboxylic acids is 1. The van der Waals surface area contributed by atoms with Gasteiger partial charge in [-0.25, -0.2) is 19.7 Å². The van der Waals surface area contributed by atoms with Gasteiger partial charge in [0.2, 0.25) is 0 Å². The first kappa shape index (κ1) is 13.5. The molecule has 2 heterocycles. The third kappa shape index (κ3) is 3.51. The molecule has 2 aromatic heterocycles. The van der Waals surface area contributed by atoms with Crippen molar-refractivity contribution in [3.63, 3.8) is 0 Å². The molecule has 98 valence electrons. The zero-order valence-electron chi connectivity index (χ0n) is 10.4. The number of nitrogens with zero attached hydrogens (tertiary/aromatic N) is 3. The maximum atomic E-state index is 11.1. The van der Waals surface area contributed by atoms with E-state index in [9.17, 15) is 4.79 Å². The second kappa shape index (κ2) is 6.29. The molecule has 0 atom stereocenters. The van der Waals surface area contributed by atoms with Crippen molar-refractivity contribution < 1.29 is 9.90 Å². The van der Waals surface area contributed by atoms with Crippen molar-refractivity contribution in [1.29, 1.82) is 0 Å². The molecule has 1 N–H and O–H groups in total. The second-order valence-electron chi connectivity index (χ2n) is 3.86. The molecule has 5 nitrogen and oxygen atoms in total. The van der Waals surface area contributed by atoms with E-state index in [2.05, 4.69) is 21.9 Å². The van der Waals surface area contributed by atoms with Crippen LogP contribution in [0.15, 0.2) is 40.8 Å². The molecule has 0 saturated heterocycles. The number of pyridine rings is 1. The van der Waals surface area contributed by atoms with E-state index in [1.165, 1.54) is 24.2 Å². The monoisotopic (exact) mass is 275 g/mol. The van der Waals surface area contributed by atoms with E-state index >= 15 is 0 Å². The zero-order valence-corrected chi connectivity index (χ0v) is 11.2. The fraction of sp³-hybridized carbons (Fsp3) is 0.231. The van der Waals surface area contributed by atoms with Crippen LogP contribution in [0.2, 0.25) is 0 Å². The van der Waals surface area contributed by atoms with Crippen LogP contribution in [0.4, 0.5) is 0 Å². The molecule has 0 unspecified atom stereocenters. The smallest absolute Gasteiger partial charge is 0.338 e. The van der Waals surface area contributed by atoms with Gasteiger partial charge in [-0.05, 0) is 36.4 Å². The van der Waals surface area contributed by atoms with Crippen LogP contribution >= 0.6 is 11.8 Å². The summed E-state index contributed by atoms with van der Waals surface area (Å²) in [6, 6.07) is 5.01. The highest BCUT2D eigenvalue weighted by Gasteiger charge is 2.12. The number of carbonyl (C=O) groups is 1. The van der Waals surface area contributed by atoms with Gasteiger partial charge in [0.15, 0.2) is 0 Å². The molecule has 2 aromatic rings. The Morgan fingerprint density at radius 1 is 1.37 bits per heavy atom. The Bertz CT molecular complexity index is 590. The number of hydrogen-bond donors (Lipinski definition) is 1. The quantitative estimate of drug-likeness (QED) is 0.845. The fourth-order valence-corrected chi connectivity index (χ4v) is 2.43. The van der Waals surface area contributed by atoms with Crippen LogP contribution in [-0.2, 0) is 6.42 Å². The topological polar surface area (TPSA) is 76.0 Å². The summed E-state index contributed by atoms with van der Waals surface area (Å²) in [6.07, 6.45) is 4.95. The average Bonchev–Trinajstić information content (AvgIpc) is 2.40. The molecule has 0 spiro atoms. The van der Waals surface area contributed by atoms with Gasteiger partial charge in [-0.2, -0.15) is 0 Å². The van der Waals surface area contributed by atoms with Gasteiger partial charge >= 0.3 is 5.97 Å². The molecule has 19 heavy (non-hydrogen) atoms. The molecule has 0 fully saturated rings. The maximum absolute atomic E-state index is 11.1. The summed E-state index contributed by atoms with van der Waals surface area (Å²) in [6.45, 7) is 2.08. The van der Waals surface area contributed by atoms with Crippen LogP contribution < -0.4 is 0 Å². The van der Waals surface area contributed by atoms with Gasteiger partial charge in [-0.1, -0.05) is 13.3 Å². The van der Waals surface area contributed by atoms with E-state index in [0.29, 0.717) is 10.1 Å². The number of aryl methyl sites for hydroxylation is 1. The van der Waals surface area contributed by atoms with Gasteiger partial charge in [-0.15, -0.1) is 0 Å². The molecule has 0 saturated carbocycles. The van der Waals surface area contributed by atoms with Gasteiger partial charge in [0.05, 0.1) is 5.56 Å². The molecule has 0 aliphatic heterocycles. The van der Waals surface area contributed by atoms with E-state index in [1.807, 2.05) is 6.07 Å². The lowest BCUT2D eigenvalue weighted by Gasteiger charge is -2.04. The third-order valence-electron chi connectivity index (χ3n) is 2.41. The van der Waals surface area contributed by atoms with Crippen molar-refractivity contribution in [2.75, 3.05) is 0 Å². The summed E-state index contributed by atoms with van der Waals surface area (Å²) < 4.78 is 0. The number of hydrogen-bond acceptors (Lipinski definition) is 5. The molecule has 0 radical (unpaired) electrons. The highest BCUT2D eigenvalue weighted by Crippen LogP contribution is 2.27. The van der Waals surface area contributed by atoms with E-state index in [-0.39, 0.29) is 5.56 Å². The predicted molar refractivity (Wildman–Crippen MR) is 71.3 cm³/mol. The largest absolute Gasteiger partial charge is 0.478 e. The van der Waals surface area contributed by atoms with Crippen LogP contribution in [0.3, 0.4) is 0 Å². The Morgan fingerprint density at radius 3 is 2.95 bits per heavy atom. The van der Waals surface area contributed by atoms with Crippen molar-refractivity contribution in [1.82, 2.24) is 15.0 Å². The fourth-order valence-electron chi connectivity index (χ4n) is 1.56. The summed E-state index contributed by atoms with van der Waals surface area (Å²) in [5.41, 5.74) is 1.14. The Kier molecular flexibility index (Phi) is 4.46. The van der Waals surface area contributed by atoms with Gasteiger partial charge < -0.3 is 5.11 Å². The van der Waals surface area contributed by atoms with Crippen LogP contribution in [-0.4, -0.2) is 26.0 Å². The summed E-state index contributed by atoms with van der Waals surface area (Å²) >= 11 is 1.24. The van der Waals surface area contributed by atoms with Crippen LogP contribution in [0.25, 0.3) is 0 Å². The molecule has 6 heteroatoms. The Morgan fingerprint density at radius 2 is 2.21 bits per heavy atom. The van der Waals surface area contributed by atoms with E-state index in [0.717, 1.165) is 18.5 Å². The number of carboxylic acids is 1. The summed E-state index contributed by atoms with van der Waals surface area (Å²) in [7, 11) is 0. The molecular weight excluding hydrogens is 262 g/mol. The van der Waals surface area contributed by atoms with Gasteiger partial charge in [0.1, 0.15) is 16.4 Å². The molecule has 0 amide bonds. The van der Waals surface area contributed by atoms with Crippen molar-refractivity contribution in [3.05, 3.63) is 42.0 Å². The molecule has 0 aliphatic carbocycles. The van der Waals surface area contributed by atoms with Crippen LogP contribution in [0.1, 0.15) is 29.4 Å². The lowest BCUT2D eigenvalue weighted by Crippen LogP contribution is -2.00. The first-order valence-electron chi connectivity index (χ1n) is 5.87. The Labute approximate surface area is 115 Å². The molecule has 0 aliphatic rings. The van der Waals surface area contributed by atoms with Gasteiger partial charge in [0.25, 0.3) is 0 Å². The summed E-state index contributed by atoms with van der Waals surface area (Å²) in [5.74, 6) is -0.988. The predicted octanol–water partition coefficient (Wildman–Crippen LogP) is 2.67. The highest BCUT2D eigenvalue weighted by atomic mass is 32.2. The summed E-state index contributed by atoms with van der Waals surface area (Å²) in [4.78, 5) is 23.5. The standard InChI is InChI=1S/C13H13N3O2S/c1-2-4-9-7-11(16-8-15-9)19-12-10(13(17)18)5-3-6-14-12/h3,5-8H,2,4H2,1H3,(H,17,18). The zero-order chi connectivity index (χ0) is 13.7. The van der Waals surface area contributed by atoms with Crippen molar-refractivity contribution >= 4 is 17.7 Å². The molecular formula is C13H13N3O2S. The summed E-state index contributed by atoms with van der Waals surface area (Å²) in [5, 5.41) is 10.2. The lowest BCUT2D eigenvalue weighted by atomic mass is 10.2. The van der Waals surface area contributed by atoms with Crippen LogP contribution in [0.5, 0.6) is 0 Å². The van der Waals surface area contributed by atoms with E-state index in [4.69, 9.17) is 5.11 Å². The number of rotatable bonds is 5. The van der Waals surface area contributed by atoms with Crippen molar-refractivity contribution in [2.45, 2.75) is 29.8 Å². The lowest BCUT2D eigenvalue weighted by molar-refractivity contribution is 0.0692. The highest BCUT2D eigenvalue weighted by molar-refractivity contribution is 7.99. The molecule has 2 rings (SSSR count). The second-order valence-corrected chi connectivity index (χ2v) is 4.87. The first-order valence-corrected chi connectivity index (χ1v) is 6.69. The van der Waals surface area contributed by atoms with E-state index in [1.54, 1.807) is 12.3 Å². The number of carboxylic acid groups (broad SMARTS) is 1. The average molecular weight is 275 g/mol. The van der Waals surface area contributed by atoms with Gasteiger partial charge in [-0.3, -0.25) is 0 Å². The minimum Gasteiger partial charge on any atom is -0.478 e. The SMILES string of the molecule is CCCc1cc(Sc2ncccc2C(=O)O)ncn1. The van der Waals surface area contributed by atoms with Crippen LogP contribution in [0, 0.1) is 0 Å². The first-order chi connectivity index (χ1) is 9.20. The van der Waals surface area contributed by atoms with Crippen molar-refractivity contribution in [2.24, 2.45) is 0 Å². The Hall–Kier alpha value is -1.95. The minimum atomic E-state index is -0.988. The molecule has 0 bridgehead atoms. The Balaban J connectivity index is 2.26. The molecule has 0 aromatic carbocycles.